The van der Waals surface area contributed by atoms with Crippen LogP contribution in [0.15, 0.2) is 84.7 Å². The molecular weight excluding hydrogens is 364 g/mol. The molecule has 0 spiro atoms. The number of nitrogens with zero attached hydrogens (tertiary/aromatic N) is 2. The molecule has 1 N–H and O–H groups in total. The van der Waals surface area contributed by atoms with Crippen molar-refractivity contribution in [3.05, 3.63) is 107 Å². The smallest absolute Gasteiger partial charge is 0.295 e. The van der Waals surface area contributed by atoms with Crippen molar-refractivity contribution >= 4 is 17.4 Å². The molecule has 1 fully saturated rings. The van der Waals surface area contributed by atoms with Gasteiger partial charge in [0.1, 0.15) is 5.76 Å². The van der Waals surface area contributed by atoms with Gasteiger partial charge in [-0.25, -0.2) is 0 Å². The van der Waals surface area contributed by atoms with Crippen LogP contribution in [0.4, 0.5) is 0 Å². The number of ketones is 1. The number of amides is 1. The van der Waals surface area contributed by atoms with Crippen molar-refractivity contribution in [2.45, 2.75) is 19.5 Å². The van der Waals surface area contributed by atoms with Crippen LogP contribution in [0, 0.1) is 6.92 Å². The molecule has 2 aromatic carbocycles. The second kappa shape index (κ2) is 7.72. The molecule has 29 heavy (non-hydrogen) atoms. The Morgan fingerprint density at radius 3 is 2.41 bits per heavy atom. The number of pyridine rings is 1. The van der Waals surface area contributed by atoms with Gasteiger partial charge in [0.25, 0.3) is 11.7 Å². The molecule has 0 aliphatic carbocycles. The summed E-state index contributed by atoms with van der Waals surface area (Å²) in [6.45, 7) is 2.16. The summed E-state index contributed by atoms with van der Waals surface area (Å²) in [5, 5.41) is 11.0. The van der Waals surface area contributed by atoms with Gasteiger partial charge in [-0.1, -0.05) is 60.7 Å². The van der Waals surface area contributed by atoms with Crippen molar-refractivity contribution in [3.63, 3.8) is 0 Å². The molecule has 144 valence electrons. The van der Waals surface area contributed by atoms with Crippen molar-refractivity contribution in [2.24, 2.45) is 0 Å². The number of Topliss-reactive ketones (excluding diaryl/α,β-unsaturated/α-hetero) is 1. The topological polar surface area (TPSA) is 70.5 Å². The first-order valence-electron chi connectivity index (χ1n) is 9.36. The Kier molecular flexibility index (Phi) is 4.96. The highest BCUT2D eigenvalue weighted by atomic mass is 16.3. The molecule has 1 atom stereocenters. The number of likely N-dealkylation sites (tertiary alicyclic amines) is 1. The van der Waals surface area contributed by atoms with E-state index in [2.05, 4.69) is 4.98 Å². The summed E-state index contributed by atoms with van der Waals surface area (Å²) in [5.74, 6) is -1.46. The largest absolute Gasteiger partial charge is 0.507 e. The number of carbonyl (C=O) groups excluding carboxylic acids is 2. The van der Waals surface area contributed by atoms with Gasteiger partial charge in [0, 0.05) is 24.5 Å². The molecule has 2 heterocycles. The number of rotatable bonds is 4. The van der Waals surface area contributed by atoms with Crippen LogP contribution in [0.2, 0.25) is 0 Å². The van der Waals surface area contributed by atoms with E-state index in [1.807, 2.05) is 43.3 Å². The molecule has 1 saturated heterocycles. The quantitative estimate of drug-likeness (QED) is 0.419. The zero-order chi connectivity index (χ0) is 20.4. The summed E-state index contributed by atoms with van der Waals surface area (Å²) in [7, 11) is 0. The minimum atomic E-state index is -0.677. The van der Waals surface area contributed by atoms with E-state index in [9.17, 15) is 14.7 Å². The maximum absolute atomic E-state index is 13.0. The lowest BCUT2D eigenvalue weighted by molar-refractivity contribution is -0.140. The number of carbonyl (C=O) groups is 2. The van der Waals surface area contributed by atoms with Gasteiger partial charge in [0.15, 0.2) is 0 Å². The SMILES string of the molecule is Cc1ccccc1C1/C(=C(/O)c2ccccc2)C(=O)C(=O)N1Cc1cccnc1. The summed E-state index contributed by atoms with van der Waals surface area (Å²) in [4.78, 5) is 31.6. The molecular formula is C24H20N2O3. The first-order valence-corrected chi connectivity index (χ1v) is 9.36. The molecule has 0 radical (unpaired) electrons. The monoisotopic (exact) mass is 384 g/mol. The van der Waals surface area contributed by atoms with Crippen molar-refractivity contribution in [3.8, 4) is 0 Å². The van der Waals surface area contributed by atoms with Crippen LogP contribution in [0.5, 0.6) is 0 Å². The number of aromatic nitrogens is 1. The molecule has 5 nitrogen and oxygen atoms in total. The summed E-state index contributed by atoms with van der Waals surface area (Å²) >= 11 is 0. The normalized spacial score (nSPS) is 18.2. The minimum absolute atomic E-state index is 0.111. The van der Waals surface area contributed by atoms with Gasteiger partial charge in [0.05, 0.1) is 11.6 Å². The molecule has 1 aromatic heterocycles. The van der Waals surface area contributed by atoms with E-state index in [4.69, 9.17) is 0 Å². The van der Waals surface area contributed by atoms with Gasteiger partial charge in [-0.05, 0) is 29.7 Å². The van der Waals surface area contributed by atoms with E-state index < -0.39 is 17.7 Å². The van der Waals surface area contributed by atoms with Gasteiger partial charge in [-0.15, -0.1) is 0 Å². The minimum Gasteiger partial charge on any atom is -0.507 e. The molecule has 0 saturated carbocycles. The first-order chi connectivity index (χ1) is 14.1. The van der Waals surface area contributed by atoms with Crippen LogP contribution < -0.4 is 0 Å². The van der Waals surface area contributed by atoms with Gasteiger partial charge >= 0.3 is 0 Å². The predicted octanol–water partition coefficient (Wildman–Crippen LogP) is 4.01. The van der Waals surface area contributed by atoms with Crippen LogP contribution >= 0.6 is 0 Å². The van der Waals surface area contributed by atoms with Crippen molar-refractivity contribution < 1.29 is 14.7 Å². The Bertz CT molecular complexity index is 1090. The first kappa shape index (κ1) is 18.6. The highest BCUT2D eigenvalue weighted by Crippen LogP contribution is 2.41. The van der Waals surface area contributed by atoms with E-state index >= 15 is 0 Å². The zero-order valence-corrected chi connectivity index (χ0v) is 15.9. The van der Waals surface area contributed by atoms with Gasteiger partial charge in [-0.2, -0.15) is 0 Å². The molecule has 3 aromatic rings. The number of aryl methyl sites for hydroxylation is 1. The summed E-state index contributed by atoms with van der Waals surface area (Å²) < 4.78 is 0. The second-order valence-electron chi connectivity index (χ2n) is 7.01. The van der Waals surface area contributed by atoms with E-state index in [1.165, 1.54) is 4.90 Å². The Morgan fingerprint density at radius 2 is 1.72 bits per heavy atom. The lowest BCUT2D eigenvalue weighted by Gasteiger charge is -2.26. The molecule has 0 bridgehead atoms. The highest BCUT2D eigenvalue weighted by Gasteiger charge is 2.46. The fourth-order valence-corrected chi connectivity index (χ4v) is 3.70. The standard InChI is InChI=1S/C24H20N2O3/c1-16-8-5-6-12-19(16)21-20(22(27)18-10-3-2-4-11-18)23(28)24(29)26(21)15-17-9-7-13-25-14-17/h2-14,21,27H,15H2,1H3/b22-20-. The Hall–Kier alpha value is -3.73. The summed E-state index contributed by atoms with van der Waals surface area (Å²) in [6, 6.07) is 19.4. The third-order valence-corrected chi connectivity index (χ3v) is 5.15. The highest BCUT2D eigenvalue weighted by molar-refractivity contribution is 6.46. The van der Waals surface area contributed by atoms with Crippen molar-refractivity contribution in [2.75, 3.05) is 0 Å². The van der Waals surface area contributed by atoms with Crippen LogP contribution in [0.1, 0.15) is 28.3 Å². The van der Waals surface area contributed by atoms with Gasteiger partial charge < -0.3 is 10.0 Å². The third kappa shape index (κ3) is 3.43. The maximum atomic E-state index is 13.0. The fourth-order valence-electron chi connectivity index (χ4n) is 3.70. The van der Waals surface area contributed by atoms with Gasteiger partial charge in [0.2, 0.25) is 0 Å². The summed E-state index contributed by atoms with van der Waals surface area (Å²) in [6.07, 6.45) is 3.33. The zero-order valence-electron chi connectivity index (χ0n) is 15.9. The van der Waals surface area contributed by atoms with Crippen LogP contribution in [-0.4, -0.2) is 26.7 Å². The molecule has 5 heteroatoms. The number of hydrogen-bond donors (Lipinski definition) is 1. The van der Waals surface area contributed by atoms with Crippen LogP contribution in [-0.2, 0) is 16.1 Å². The van der Waals surface area contributed by atoms with E-state index in [0.717, 1.165) is 16.7 Å². The van der Waals surface area contributed by atoms with E-state index in [1.54, 1.807) is 42.7 Å². The Labute approximate surface area is 169 Å². The average Bonchev–Trinajstić information content (AvgIpc) is 3.00. The van der Waals surface area contributed by atoms with Crippen molar-refractivity contribution in [1.82, 2.24) is 9.88 Å². The van der Waals surface area contributed by atoms with E-state index in [0.29, 0.717) is 5.56 Å². The number of aliphatic hydroxyl groups excluding tert-OH is 1. The number of hydrogen-bond acceptors (Lipinski definition) is 4. The van der Waals surface area contributed by atoms with Crippen LogP contribution in [0.25, 0.3) is 5.76 Å². The number of aliphatic hydroxyl groups is 1. The molecule has 1 aliphatic heterocycles. The summed E-state index contributed by atoms with van der Waals surface area (Å²) in [5.41, 5.74) is 3.18. The van der Waals surface area contributed by atoms with Crippen molar-refractivity contribution in [1.29, 1.82) is 0 Å². The van der Waals surface area contributed by atoms with Crippen LogP contribution in [0.3, 0.4) is 0 Å². The molecule has 1 amide bonds. The average molecular weight is 384 g/mol. The predicted molar refractivity (Wildman–Crippen MR) is 110 cm³/mol. The lowest BCUT2D eigenvalue weighted by atomic mass is 9.92. The Morgan fingerprint density at radius 1 is 1.00 bits per heavy atom. The lowest BCUT2D eigenvalue weighted by Crippen LogP contribution is -2.29. The molecule has 1 aliphatic rings. The third-order valence-electron chi connectivity index (χ3n) is 5.15. The van der Waals surface area contributed by atoms with Gasteiger partial charge in [-0.3, -0.25) is 14.6 Å². The van der Waals surface area contributed by atoms with E-state index in [-0.39, 0.29) is 17.9 Å². The molecule has 4 rings (SSSR count). The fraction of sp³-hybridized carbons (Fsp3) is 0.125. The second-order valence-corrected chi connectivity index (χ2v) is 7.01. The molecule has 1 unspecified atom stereocenters. The number of benzene rings is 2. The maximum Gasteiger partial charge on any atom is 0.295 e. The Balaban J connectivity index is 1.89.